The number of benzene rings is 1. The van der Waals surface area contributed by atoms with Gasteiger partial charge in [-0.3, -0.25) is 14.6 Å². The van der Waals surface area contributed by atoms with Crippen molar-refractivity contribution in [1.29, 1.82) is 0 Å². The van der Waals surface area contributed by atoms with Crippen molar-refractivity contribution in [1.82, 2.24) is 9.88 Å². The van der Waals surface area contributed by atoms with Gasteiger partial charge in [-0.2, -0.15) is 0 Å². The minimum atomic E-state index is -0.0583. The minimum Gasteiger partial charge on any atom is -0.497 e. The maximum atomic E-state index is 12.8. The Morgan fingerprint density at radius 3 is 2.82 bits per heavy atom. The molecule has 22 heavy (non-hydrogen) atoms. The van der Waals surface area contributed by atoms with Gasteiger partial charge >= 0.3 is 0 Å². The Balaban J connectivity index is 1.76. The summed E-state index contributed by atoms with van der Waals surface area (Å²) in [6.45, 7) is 0.953. The number of thiazole rings is 1. The molecule has 2 atom stereocenters. The normalized spacial score (nSPS) is 24.8. The number of rotatable bonds is 3. The fourth-order valence-electron chi connectivity index (χ4n) is 3.43. The van der Waals surface area contributed by atoms with E-state index in [1.54, 1.807) is 13.3 Å². The maximum Gasteiger partial charge on any atom is 0.247 e. The third-order valence-corrected chi connectivity index (χ3v) is 5.19. The Hall–Kier alpha value is -1.92. The van der Waals surface area contributed by atoms with Crippen LogP contribution in [-0.2, 0) is 4.79 Å². The molecular weight excluding hydrogens is 298 g/mol. The van der Waals surface area contributed by atoms with Crippen LogP contribution >= 0.6 is 11.3 Å². The summed E-state index contributed by atoms with van der Waals surface area (Å²) in [5.74, 6) is 1.00. The summed E-state index contributed by atoms with van der Waals surface area (Å²) in [6, 6.07) is 7.97. The summed E-state index contributed by atoms with van der Waals surface area (Å²) in [6.07, 6.45) is 3.71. The Bertz CT molecular complexity index is 671. The van der Waals surface area contributed by atoms with E-state index in [2.05, 4.69) is 9.88 Å². The second kappa shape index (κ2) is 5.37. The summed E-state index contributed by atoms with van der Waals surface area (Å²) in [5.41, 5.74) is 1.11. The number of carbonyl (C=O) groups is 1. The molecule has 1 aromatic heterocycles. The van der Waals surface area contributed by atoms with Gasteiger partial charge in [0.25, 0.3) is 0 Å². The number of fused-ring (bicyclic) bond motifs is 1. The van der Waals surface area contributed by atoms with Crippen molar-refractivity contribution in [2.75, 3.05) is 18.6 Å². The second-order valence-corrected chi connectivity index (χ2v) is 6.44. The number of carbonyl (C=O) groups excluding carboxylic acids is 1. The highest BCUT2D eigenvalue weighted by molar-refractivity contribution is 7.13. The lowest BCUT2D eigenvalue weighted by Crippen LogP contribution is -2.32. The van der Waals surface area contributed by atoms with Crippen molar-refractivity contribution in [3.8, 4) is 5.75 Å². The molecule has 2 unspecified atom stereocenters. The van der Waals surface area contributed by atoms with Crippen molar-refractivity contribution >= 4 is 22.4 Å². The maximum absolute atomic E-state index is 12.8. The van der Waals surface area contributed by atoms with Gasteiger partial charge in [-0.15, -0.1) is 11.3 Å². The predicted molar refractivity (Wildman–Crippen MR) is 85.1 cm³/mol. The highest BCUT2D eigenvalue weighted by Crippen LogP contribution is 2.43. The van der Waals surface area contributed by atoms with Crippen molar-refractivity contribution in [3.05, 3.63) is 41.4 Å². The van der Waals surface area contributed by atoms with E-state index in [0.717, 1.165) is 35.8 Å². The van der Waals surface area contributed by atoms with Crippen LogP contribution in [0.1, 0.15) is 24.6 Å². The van der Waals surface area contributed by atoms with E-state index in [4.69, 9.17) is 4.74 Å². The topological polar surface area (TPSA) is 45.7 Å². The quantitative estimate of drug-likeness (QED) is 0.873. The fourth-order valence-corrected chi connectivity index (χ4v) is 4.10. The van der Waals surface area contributed by atoms with E-state index in [1.807, 2.05) is 34.5 Å². The van der Waals surface area contributed by atoms with Crippen molar-refractivity contribution in [2.45, 2.75) is 25.0 Å². The average Bonchev–Trinajstić information content (AvgIpc) is 3.26. The van der Waals surface area contributed by atoms with Crippen LogP contribution in [-0.4, -0.2) is 35.5 Å². The second-order valence-electron chi connectivity index (χ2n) is 5.57. The lowest BCUT2D eigenvalue weighted by molar-refractivity contribution is -0.119. The number of nitrogens with zero attached hydrogens (tertiary/aromatic N) is 3. The van der Waals surface area contributed by atoms with Crippen molar-refractivity contribution < 1.29 is 9.53 Å². The SMILES string of the molecule is COc1ccc(C2N(c3nccs3)C(=O)C3CCCN32)cc1. The summed E-state index contributed by atoms with van der Waals surface area (Å²) in [5, 5.41) is 2.69. The Morgan fingerprint density at radius 2 is 2.14 bits per heavy atom. The first-order valence-corrected chi connectivity index (χ1v) is 8.30. The number of anilines is 1. The van der Waals surface area contributed by atoms with E-state index < -0.39 is 0 Å². The zero-order valence-electron chi connectivity index (χ0n) is 12.3. The van der Waals surface area contributed by atoms with E-state index in [0.29, 0.717) is 0 Å². The molecule has 0 N–H and O–H groups in total. The largest absolute Gasteiger partial charge is 0.497 e. The number of hydrogen-bond acceptors (Lipinski definition) is 5. The average molecular weight is 315 g/mol. The molecule has 0 radical (unpaired) electrons. The van der Waals surface area contributed by atoms with Crippen molar-refractivity contribution in [2.24, 2.45) is 0 Å². The molecule has 114 valence electrons. The molecule has 4 rings (SSSR count). The van der Waals surface area contributed by atoms with Crippen LogP contribution < -0.4 is 9.64 Å². The third-order valence-electron chi connectivity index (χ3n) is 4.41. The van der Waals surface area contributed by atoms with Gasteiger partial charge in [-0.25, -0.2) is 4.98 Å². The molecule has 2 fully saturated rings. The first-order chi connectivity index (χ1) is 10.8. The van der Waals surface area contributed by atoms with Crippen LogP contribution in [0.3, 0.4) is 0 Å². The molecule has 2 aromatic rings. The number of ether oxygens (including phenoxy) is 1. The smallest absolute Gasteiger partial charge is 0.247 e. The molecule has 0 aliphatic carbocycles. The Kier molecular flexibility index (Phi) is 3.35. The number of hydrogen-bond donors (Lipinski definition) is 0. The van der Waals surface area contributed by atoms with Gasteiger partial charge in [-0.1, -0.05) is 12.1 Å². The summed E-state index contributed by atoms with van der Waals surface area (Å²) in [4.78, 5) is 21.3. The standard InChI is InChI=1S/C16H17N3O2S/c1-21-12-6-4-11(5-7-12)14-18-9-2-3-13(18)15(20)19(14)16-17-8-10-22-16/h4-8,10,13-14H,2-3,9H2,1H3. The summed E-state index contributed by atoms with van der Waals surface area (Å²) < 4.78 is 5.23. The highest BCUT2D eigenvalue weighted by atomic mass is 32.1. The number of amides is 1. The Labute approximate surface area is 133 Å². The first kappa shape index (κ1) is 13.7. The van der Waals surface area contributed by atoms with E-state index in [9.17, 15) is 4.79 Å². The van der Waals surface area contributed by atoms with Gasteiger partial charge in [0, 0.05) is 18.1 Å². The zero-order valence-corrected chi connectivity index (χ0v) is 13.1. The number of methoxy groups -OCH3 is 1. The molecular formula is C16H17N3O2S. The lowest BCUT2D eigenvalue weighted by atomic mass is 10.1. The molecule has 1 aromatic carbocycles. The van der Waals surface area contributed by atoms with Crippen LogP contribution in [0.25, 0.3) is 0 Å². The van der Waals surface area contributed by atoms with Crippen LogP contribution in [0, 0.1) is 0 Å². The third kappa shape index (κ3) is 2.02. The van der Waals surface area contributed by atoms with Crippen LogP contribution in [0.4, 0.5) is 5.13 Å². The molecule has 0 saturated carbocycles. The van der Waals surface area contributed by atoms with Crippen LogP contribution in [0.15, 0.2) is 35.8 Å². The number of aromatic nitrogens is 1. The molecule has 0 bridgehead atoms. The van der Waals surface area contributed by atoms with E-state index in [1.165, 1.54) is 11.3 Å². The molecule has 2 aliphatic heterocycles. The summed E-state index contributed by atoms with van der Waals surface area (Å²) in [7, 11) is 1.66. The van der Waals surface area contributed by atoms with Crippen molar-refractivity contribution in [3.63, 3.8) is 0 Å². The lowest BCUT2D eigenvalue weighted by Gasteiger charge is -2.28. The minimum absolute atomic E-state index is 0.00370. The molecule has 2 aliphatic rings. The molecule has 0 spiro atoms. The van der Waals surface area contributed by atoms with E-state index >= 15 is 0 Å². The van der Waals surface area contributed by atoms with Gasteiger partial charge in [0.15, 0.2) is 5.13 Å². The fraction of sp³-hybridized carbons (Fsp3) is 0.375. The highest BCUT2D eigenvalue weighted by Gasteiger charge is 2.50. The molecule has 5 nitrogen and oxygen atoms in total. The van der Waals surface area contributed by atoms with Gasteiger partial charge in [0.1, 0.15) is 11.9 Å². The predicted octanol–water partition coefficient (Wildman–Crippen LogP) is 2.66. The monoisotopic (exact) mass is 315 g/mol. The van der Waals surface area contributed by atoms with Gasteiger partial charge in [-0.05, 0) is 30.5 Å². The zero-order chi connectivity index (χ0) is 15.1. The Morgan fingerprint density at radius 1 is 1.32 bits per heavy atom. The van der Waals surface area contributed by atoms with Gasteiger partial charge < -0.3 is 4.74 Å². The molecule has 3 heterocycles. The summed E-state index contributed by atoms with van der Waals surface area (Å²) >= 11 is 1.51. The van der Waals surface area contributed by atoms with Gasteiger partial charge in [0.05, 0.1) is 13.2 Å². The first-order valence-electron chi connectivity index (χ1n) is 7.42. The van der Waals surface area contributed by atoms with E-state index in [-0.39, 0.29) is 18.1 Å². The molecule has 2 saturated heterocycles. The van der Waals surface area contributed by atoms with Crippen LogP contribution in [0.5, 0.6) is 5.75 Å². The molecule has 1 amide bonds. The molecule has 6 heteroatoms. The van der Waals surface area contributed by atoms with Crippen LogP contribution in [0.2, 0.25) is 0 Å². The van der Waals surface area contributed by atoms with Gasteiger partial charge in [0.2, 0.25) is 5.91 Å².